The Balaban J connectivity index is 1.31. The van der Waals surface area contributed by atoms with Gasteiger partial charge in [-0.2, -0.15) is 0 Å². The summed E-state index contributed by atoms with van der Waals surface area (Å²) in [7, 11) is 0. The van der Waals surface area contributed by atoms with E-state index in [4.69, 9.17) is 9.57 Å². The summed E-state index contributed by atoms with van der Waals surface area (Å²) in [4.78, 5) is 5.64. The molecule has 3 aliphatic rings. The van der Waals surface area contributed by atoms with Crippen LogP contribution >= 0.6 is 0 Å². The van der Waals surface area contributed by atoms with E-state index in [0.717, 1.165) is 30.7 Å². The maximum Gasteiger partial charge on any atom is 0.194 e. The number of hydrogen-bond donors (Lipinski definition) is 3. The van der Waals surface area contributed by atoms with Crippen LogP contribution < -0.4 is 0 Å². The van der Waals surface area contributed by atoms with Crippen molar-refractivity contribution in [2.24, 2.45) is 11.1 Å². The number of rotatable bonds is 6. The number of nitrogens with zero attached hydrogens (tertiary/aromatic N) is 4. The van der Waals surface area contributed by atoms with Crippen LogP contribution in [0.1, 0.15) is 51.0 Å². The first kappa shape index (κ1) is 25.1. The summed E-state index contributed by atoms with van der Waals surface area (Å²) in [6, 6.07) is 0.492. The molecule has 3 N–H and O–H groups in total. The highest BCUT2D eigenvalue weighted by Gasteiger charge is 2.47. The molecular formula is C24H29F3N4O5. The minimum Gasteiger partial charge on any atom is -0.394 e. The first-order valence-electron chi connectivity index (χ1n) is 12.3. The maximum absolute atomic E-state index is 13.7. The highest BCUT2D eigenvalue weighted by molar-refractivity contribution is 5.87. The van der Waals surface area contributed by atoms with Gasteiger partial charge in [-0.3, -0.25) is 0 Å². The average molecular weight is 511 g/mol. The fourth-order valence-corrected chi connectivity index (χ4v) is 5.46. The zero-order valence-corrected chi connectivity index (χ0v) is 19.5. The van der Waals surface area contributed by atoms with Gasteiger partial charge in [0.25, 0.3) is 0 Å². The zero-order valence-electron chi connectivity index (χ0n) is 19.5. The van der Waals surface area contributed by atoms with E-state index in [1.165, 1.54) is 30.1 Å². The number of benzene rings is 1. The van der Waals surface area contributed by atoms with Gasteiger partial charge < -0.3 is 24.9 Å². The van der Waals surface area contributed by atoms with Crippen LogP contribution in [-0.4, -0.2) is 73.2 Å². The van der Waals surface area contributed by atoms with E-state index in [2.05, 4.69) is 15.5 Å². The predicted octanol–water partition coefficient (Wildman–Crippen LogP) is 2.50. The van der Waals surface area contributed by atoms with E-state index < -0.39 is 54.5 Å². The van der Waals surface area contributed by atoms with Crippen molar-refractivity contribution in [1.82, 2.24) is 15.0 Å². The van der Waals surface area contributed by atoms with Gasteiger partial charge in [0.15, 0.2) is 17.5 Å². The van der Waals surface area contributed by atoms with E-state index in [-0.39, 0.29) is 23.8 Å². The van der Waals surface area contributed by atoms with Gasteiger partial charge in [-0.15, -0.1) is 5.10 Å². The standard InChI is InChI=1S/C24H29F3N4O5/c25-15-6-13(7-16(26)21(15)27)18-10-31(30-28-18)22-23(33)19(35-20(11-32)24(22)34)9-14-8-17(29-36-14)12-4-2-1-3-5-12/h6-7,10,12,14,19-20,22-24,32-34H,1-5,8-9,11H2/t14-,19-,20-,22-,23+,24+/m1/s1. The number of ether oxygens (including phenoxy) is 1. The van der Waals surface area contributed by atoms with E-state index >= 15 is 0 Å². The van der Waals surface area contributed by atoms with Crippen molar-refractivity contribution < 1.29 is 38.1 Å². The molecule has 36 heavy (non-hydrogen) atoms. The lowest BCUT2D eigenvalue weighted by Gasteiger charge is -2.42. The van der Waals surface area contributed by atoms with Gasteiger partial charge in [-0.25, -0.2) is 17.9 Å². The highest BCUT2D eigenvalue weighted by Crippen LogP contribution is 2.36. The second-order valence-electron chi connectivity index (χ2n) is 9.79. The molecule has 1 aliphatic carbocycles. The van der Waals surface area contributed by atoms with Gasteiger partial charge in [0, 0.05) is 24.3 Å². The number of hydrogen-bond acceptors (Lipinski definition) is 8. The van der Waals surface area contributed by atoms with E-state index in [9.17, 15) is 28.5 Å². The number of aromatic nitrogens is 3. The Morgan fingerprint density at radius 1 is 1.00 bits per heavy atom. The largest absolute Gasteiger partial charge is 0.394 e. The Labute approximate surface area is 205 Å². The SMILES string of the molecule is OC[C@H]1O[C@H](C[C@H]2CC(C3CCCCC3)=NO2)[C@H](O)[C@@H](n2cc(-c3cc(F)c(F)c(F)c3)nn2)[C@H]1O. The van der Waals surface area contributed by atoms with Crippen molar-refractivity contribution in [3.63, 3.8) is 0 Å². The summed E-state index contributed by atoms with van der Waals surface area (Å²) < 4.78 is 47.7. The quantitative estimate of drug-likeness (QED) is 0.511. The zero-order chi connectivity index (χ0) is 25.4. The molecule has 1 aromatic carbocycles. The van der Waals surface area contributed by atoms with Gasteiger partial charge in [-0.1, -0.05) is 29.6 Å². The molecule has 2 aromatic rings. The van der Waals surface area contributed by atoms with Crippen molar-refractivity contribution in [3.05, 3.63) is 35.8 Å². The third kappa shape index (κ3) is 4.86. The number of halogens is 3. The van der Waals surface area contributed by atoms with Gasteiger partial charge >= 0.3 is 0 Å². The van der Waals surface area contributed by atoms with Crippen LogP contribution in [0.4, 0.5) is 13.2 Å². The summed E-state index contributed by atoms with van der Waals surface area (Å²) in [5.41, 5.74) is 0.983. The fourth-order valence-electron chi connectivity index (χ4n) is 5.46. The van der Waals surface area contributed by atoms with Crippen LogP contribution in [0.5, 0.6) is 0 Å². The van der Waals surface area contributed by atoms with E-state index in [1.54, 1.807) is 0 Å². The van der Waals surface area contributed by atoms with Gasteiger partial charge in [-0.05, 0) is 25.0 Å². The summed E-state index contributed by atoms with van der Waals surface area (Å²) in [5, 5.41) is 43.8. The molecule has 6 atom stereocenters. The second kappa shape index (κ2) is 10.4. The Bertz CT molecular complexity index is 1090. The third-order valence-corrected chi connectivity index (χ3v) is 7.41. The van der Waals surface area contributed by atoms with Crippen LogP contribution in [0.25, 0.3) is 11.3 Å². The van der Waals surface area contributed by atoms with Crippen LogP contribution in [0.3, 0.4) is 0 Å². The first-order chi connectivity index (χ1) is 17.4. The Morgan fingerprint density at radius 2 is 1.69 bits per heavy atom. The molecule has 0 bridgehead atoms. The lowest BCUT2D eigenvalue weighted by molar-refractivity contribution is -0.212. The topological polar surface area (TPSA) is 122 Å². The third-order valence-electron chi connectivity index (χ3n) is 7.41. The molecule has 1 aromatic heterocycles. The number of oxime groups is 1. The second-order valence-corrected chi connectivity index (χ2v) is 9.79. The lowest BCUT2D eigenvalue weighted by atomic mass is 9.83. The molecule has 0 unspecified atom stereocenters. The molecule has 1 saturated carbocycles. The monoisotopic (exact) mass is 510 g/mol. The Kier molecular flexibility index (Phi) is 7.29. The fraction of sp³-hybridized carbons (Fsp3) is 0.625. The minimum absolute atomic E-state index is 0.0143. The highest BCUT2D eigenvalue weighted by atomic mass is 19.2. The predicted molar refractivity (Wildman–Crippen MR) is 120 cm³/mol. The van der Waals surface area contributed by atoms with E-state index in [0.29, 0.717) is 12.3 Å². The van der Waals surface area contributed by atoms with Gasteiger partial charge in [0.05, 0.1) is 24.6 Å². The van der Waals surface area contributed by atoms with Crippen molar-refractivity contribution >= 4 is 5.71 Å². The smallest absolute Gasteiger partial charge is 0.194 e. The Morgan fingerprint density at radius 3 is 2.39 bits per heavy atom. The van der Waals surface area contributed by atoms with Crippen LogP contribution in [0.15, 0.2) is 23.5 Å². The summed E-state index contributed by atoms with van der Waals surface area (Å²) in [6.45, 7) is -0.508. The molecule has 9 nitrogen and oxygen atoms in total. The summed E-state index contributed by atoms with van der Waals surface area (Å²) in [5.74, 6) is -3.94. The molecule has 3 heterocycles. The summed E-state index contributed by atoms with van der Waals surface area (Å²) >= 11 is 0. The number of aliphatic hydroxyl groups is 3. The van der Waals surface area contributed by atoms with Gasteiger partial charge in [0.1, 0.15) is 36.2 Å². The maximum atomic E-state index is 13.7. The minimum atomic E-state index is -1.60. The van der Waals surface area contributed by atoms with Crippen LogP contribution in [0.2, 0.25) is 0 Å². The van der Waals surface area contributed by atoms with E-state index in [1.807, 2.05) is 0 Å². The van der Waals surface area contributed by atoms with Crippen LogP contribution in [0, 0.1) is 23.4 Å². The first-order valence-corrected chi connectivity index (χ1v) is 12.3. The average Bonchev–Trinajstić information content (AvgIpc) is 3.55. The number of aliphatic hydroxyl groups excluding tert-OH is 3. The molecule has 5 rings (SSSR count). The van der Waals surface area contributed by atoms with Crippen molar-refractivity contribution in [2.45, 2.75) is 81.5 Å². The normalized spacial score (nSPS) is 31.3. The van der Waals surface area contributed by atoms with Gasteiger partial charge in [0.2, 0.25) is 0 Å². The van der Waals surface area contributed by atoms with Crippen LogP contribution in [-0.2, 0) is 9.57 Å². The lowest BCUT2D eigenvalue weighted by Crippen LogP contribution is -2.56. The molecule has 0 amide bonds. The van der Waals surface area contributed by atoms with Crippen molar-refractivity contribution in [3.8, 4) is 11.3 Å². The van der Waals surface area contributed by atoms with Crippen molar-refractivity contribution in [1.29, 1.82) is 0 Å². The molecule has 0 radical (unpaired) electrons. The Hall–Kier alpha value is -2.54. The molecular weight excluding hydrogens is 481 g/mol. The summed E-state index contributed by atoms with van der Waals surface area (Å²) in [6.07, 6.45) is 3.20. The molecule has 12 heteroatoms. The molecule has 1 saturated heterocycles. The molecule has 196 valence electrons. The van der Waals surface area contributed by atoms with Crippen molar-refractivity contribution in [2.75, 3.05) is 6.61 Å². The molecule has 2 aliphatic heterocycles. The molecule has 2 fully saturated rings. The molecule has 0 spiro atoms.